The average molecular weight is 276 g/mol. The number of hydrogen-bond donors (Lipinski definition) is 1. The summed E-state index contributed by atoms with van der Waals surface area (Å²) < 4.78 is 26.2. The van der Waals surface area contributed by atoms with Gasteiger partial charge in [-0.05, 0) is 30.7 Å². The molecule has 0 aliphatic carbocycles. The maximum atomic E-state index is 12.1. The highest BCUT2D eigenvalue weighted by Gasteiger charge is 2.20. The molecule has 1 aromatic carbocycles. The van der Waals surface area contributed by atoms with Crippen LogP contribution in [0.1, 0.15) is 15.9 Å². The van der Waals surface area contributed by atoms with Crippen molar-refractivity contribution in [3.8, 4) is 0 Å². The van der Waals surface area contributed by atoms with Crippen molar-refractivity contribution in [2.24, 2.45) is 0 Å². The highest BCUT2D eigenvalue weighted by Crippen LogP contribution is 2.14. The van der Waals surface area contributed by atoms with Crippen LogP contribution < -0.4 is 4.72 Å². The van der Waals surface area contributed by atoms with E-state index in [0.29, 0.717) is 5.56 Å². The van der Waals surface area contributed by atoms with Crippen LogP contribution in [0, 0.1) is 6.92 Å². The zero-order valence-corrected chi connectivity index (χ0v) is 11.0. The lowest BCUT2D eigenvalue weighted by Crippen LogP contribution is -2.31. The molecule has 0 aliphatic heterocycles. The van der Waals surface area contributed by atoms with Crippen molar-refractivity contribution in [3.63, 3.8) is 0 Å². The molecule has 1 amide bonds. The van der Waals surface area contributed by atoms with Crippen LogP contribution in [0.2, 0.25) is 0 Å². The smallest absolute Gasteiger partial charge is 0.266 e. The average Bonchev–Trinajstić information content (AvgIpc) is 2.39. The summed E-state index contributed by atoms with van der Waals surface area (Å²) in [5, 5.41) is 0. The zero-order valence-electron chi connectivity index (χ0n) is 10.2. The Morgan fingerprint density at radius 2 is 1.89 bits per heavy atom. The van der Waals surface area contributed by atoms with Crippen LogP contribution in [0.25, 0.3) is 0 Å². The number of pyridine rings is 1. The van der Waals surface area contributed by atoms with Gasteiger partial charge in [-0.25, -0.2) is 13.1 Å². The number of carbonyl (C=O) groups is 1. The summed E-state index contributed by atoms with van der Waals surface area (Å²) in [6.07, 6.45) is 2.81. The van der Waals surface area contributed by atoms with Gasteiger partial charge in [-0.2, -0.15) is 0 Å². The molecule has 2 rings (SSSR count). The van der Waals surface area contributed by atoms with Gasteiger partial charge in [0.25, 0.3) is 15.9 Å². The number of rotatable bonds is 3. The second-order valence-electron chi connectivity index (χ2n) is 3.94. The van der Waals surface area contributed by atoms with Gasteiger partial charge in [0.2, 0.25) is 0 Å². The molecule has 0 saturated carbocycles. The van der Waals surface area contributed by atoms with E-state index in [-0.39, 0.29) is 10.5 Å². The maximum Gasteiger partial charge on any atom is 0.266 e. The number of nitrogens with zero attached hydrogens (tertiary/aromatic N) is 1. The minimum Gasteiger partial charge on any atom is -0.268 e. The molecule has 0 unspecified atom stereocenters. The third-order valence-electron chi connectivity index (χ3n) is 2.53. The van der Waals surface area contributed by atoms with Crippen LogP contribution in [-0.4, -0.2) is 19.3 Å². The Hall–Kier alpha value is -2.21. The Balaban J connectivity index is 2.29. The van der Waals surface area contributed by atoms with E-state index in [1.54, 1.807) is 31.2 Å². The van der Waals surface area contributed by atoms with E-state index < -0.39 is 15.9 Å². The molecule has 2 aromatic rings. The summed E-state index contributed by atoms with van der Waals surface area (Å²) in [5.74, 6) is -0.698. The zero-order chi connectivity index (χ0) is 13.9. The monoisotopic (exact) mass is 276 g/mol. The first kappa shape index (κ1) is 13.2. The van der Waals surface area contributed by atoms with E-state index >= 15 is 0 Å². The van der Waals surface area contributed by atoms with Crippen molar-refractivity contribution in [1.82, 2.24) is 9.71 Å². The molecule has 1 heterocycles. The minimum atomic E-state index is -3.87. The Morgan fingerprint density at radius 1 is 1.16 bits per heavy atom. The molecule has 0 fully saturated rings. The lowest BCUT2D eigenvalue weighted by Gasteiger charge is -2.08. The fraction of sp³-hybridized carbons (Fsp3) is 0.0769. The molecule has 0 atom stereocenters. The van der Waals surface area contributed by atoms with Crippen molar-refractivity contribution in [1.29, 1.82) is 0 Å². The van der Waals surface area contributed by atoms with E-state index in [1.807, 2.05) is 4.72 Å². The van der Waals surface area contributed by atoms with Crippen molar-refractivity contribution in [2.75, 3.05) is 0 Å². The van der Waals surface area contributed by atoms with Gasteiger partial charge in [0.05, 0.1) is 10.5 Å². The Labute approximate surface area is 111 Å². The third kappa shape index (κ3) is 2.97. The number of aromatic nitrogens is 1. The molecule has 6 heteroatoms. The highest BCUT2D eigenvalue weighted by molar-refractivity contribution is 7.90. The van der Waals surface area contributed by atoms with Crippen LogP contribution in [0.5, 0.6) is 0 Å². The molecule has 1 N–H and O–H groups in total. The predicted octanol–water partition coefficient (Wildman–Crippen LogP) is 1.51. The number of sulfonamides is 1. The summed E-state index contributed by atoms with van der Waals surface area (Å²) in [6.45, 7) is 1.67. The Kier molecular flexibility index (Phi) is 3.62. The normalized spacial score (nSPS) is 11.0. The van der Waals surface area contributed by atoms with Gasteiger partial charge in [-0.3, -0.25) is 9.78 Å². The second-order valence-corrected chi connectivity index (χ2v) is 5.59. The van der Waals surface area contributed by atoms with E-state index in [4.69, 9.17) is 0 Å². The van der Waals surface area contributed by atoms with Gasteiger partial charge in [-0.1, -0.05) is 18.2 Å². The molecule has 0 radical (unpaired) electrons. The molecule has 19 heavy (non-hydrogen) atoms. The second kappa shape index (κ2) is 5.19. The van der Waals surface area contributed by atoms with Crippen molar-refractivity contribution >= 4 is 15.9 Å². The SMILES string of the molecule is Cc1ccccc1S(=O)(=O)NC(=O)c1cccnc1. The van der Waals surface area contributed by atoms with E-state index in [1.165, 1.54) is 24.5 Å². The van der Waals surface area contributed by atoms with Gasteiger partial charge < -0.3 is 0 Å². The van der Waals surface area contributed by atoms with Crippen LogP contribution in [0.4, 0.5) is 0 Å². The molecule has 98 valence electrons. The summed E-state index contributed by atoms with van der Waals surface area (Å²) in [5.41, 5.74) is 0.772. The maximum absolute atomic E-state index is 12.1. The molecular weight excluding hydrogens is 264 g/mol. The number of benzene rings is 1. The lowest BCUT2D eigenvalue weighted by molar-refractivity contribution is 0.0981. The molecular formula is C13H12N2O3S. The summed E-state index contributed by atoms with van der Waals surface area (Å²) in [4.78, 5) is 15.7. The van der Waals surface area contributed by atoms with Crippen molar-refractivity contribution in [3.05, 3.63) is 59.9 Å². The lowest BCUT2D eigenvalue weighted by atomic mass is 10.2. The summed E-state index contributed by atoms with van der Waals surface area (Å²) in [6, 6.07) is 9.52. The fourth-order valence-electron chi connectivity index (χ4n) is 1.59. The number of aryl methyl sites for hydroxylation is 1. The third-order valence-corrected chi connectivity index (χ3v) is 4.03. The van der Waals surface area contributed by atoms with Crippen LogP contribution >= 0.6 is 0 Å². The number of nitrogens with one attached hydrogen (secondary N) is 1. The Bertz CT molecular complexity index is 697. The van der Waals surface area contributed by atoms with Crippen LogP contribution in [0.15, 0.2) is 53.7 Å². The largest absolute Gasteiger partial charge is 0.268 e. The topological polar surface area (TPSA) is 76.1 Å². The summed E-state index contributed by atoms with van der Waals surface area (Å²) in [7, 11) is -3.87. The predicted molar refractivity (Wildman–Crippen MR) is 70.1 cm³/mol. The number of amides is 1. The standard InChI is InChI=1S/C13H12N2O3S/c1-10-5-2-3-7-12(10)19(17,18)15-13(16)11-6-4-8-14-9-11/h2-9H,1H3,(H,15,16). The molecule has 0 saturated heterocycles. The molecule has 0 spiro atoms. The number of hydrogen-bond acceptors (Lipinski definition) is 4. The van der Waals surface area contributed by atoms with Crippen LogP contribution in [0.3, 0.4) is 0 Å². The van der Waals surface area contributed by atoms with E-state index in [0.717, 1.165) is 0 Å². The van der Waals surface area contributed by atoms with E-state index in [2.05, 4.69) is 4.98 Å². The van der Waals surface area contributed by atoms with E-state index in [9.17, 15) is 13.2 Å². The fourth-order valence-corrected chi connectivity index (χ4v) is 2.81. The van der Waals surface area contributed by atoms with Gasteiger partial charge in [0, 0.05) is 12.4 Å². The first-order valence-electron chi connectivity index (χ1n) is 5.53. The van der Waals surface area contributed by atoms with Gasteiger partial charge in [0.1, 0.15) is 0 Å². The molecule has 1 aromatic heterocycles. The summed E-state index contributed by atoms with van der Waals surface area (Å²) >= 11 is 0. The van der Waals surface area contributed by atoms with Crippen molar-refractivity contribution in [2.45, 2.75) is 11.8 Å². The van der Waals surface area contributed by atoms with Gasteiger partial charge in [0.15, 0.2) is 0 Å². The van der Waals surface area contributed by atoms with Crippen LogP contribution in [-0.2, 0) is 10.0 Å². The van der Waals surface area contributed by atoms with Gasteiger partial charge >= 0.3 is 0 Å². The van der Waals surface area contributed by atoms with Gasteiger partial charge in [-0.15, -0.1) is 0 Å². The minimum absolute atomic E-state index is 0.0900. The first-order valence-corrected chi connectivity index (χ1v) is 7.02. The molecule has 0 bridgehead atoms. The highest BCUT2D eigenvalue weighted by atomic mass is 32.2. The molecule has 5 nitrogen and oxygen atoms in total. The quantitative estimate of drug-likeness (QED) is 0.922. The Morgan fingerprint density at radius 3 is 2.53 bits per heavy atom. The van der Waals surface area contributed by atoms with Crippen molar-refractivity contribution < 1.29 is 13.2 Å². The number of carbonyl (C=O) groups excluding carboxylic acids is 1. The molecule has 0 aliphatic rings. The first-order chi connectivity index (χ1) is 9.00.